The Morgan fingerprint density at radius 3 is 2.58 bits per heavy atom. The van der Waals surface area contributed by atoms with Gasteiger partial charge >= 0.3 is 0 Å². The fourth-order valence-corrected chi connectivity index (χ4v) is 1.47. The first-order chi connectivity index (χ1) is 5.59. The lowest BCUT2D eigenvalue weighted by atomic mass is 10.2. The summed E-state index contributed by atoms with van der Waals surface area (Å²) in [6.07, 6.45) is 2.88. The molecule has 0 N–H and O–H groups in total. The first-order valence-electron chi connectivity index (χ1n) is 4.53. The Hall–Kier alpha value is -0.790. The van der Waals surface area contributed by atoms with Crippen molar-refractivity contribution in [1.82, 2.24) is 4.90 Å². The molecule has 1 amide bonds. The first-order valence-corrected chi connectivity index (χ1v) is 4.53. The standard InChI is InChI=1S/C10H17NO/c1-8(2)6-10(12)11-5-4-9(3)7-11/h6,9H,4-5,7H2,1-3H3/t9-/m0/s1. The number of amides is 1. The molecule has 0 saturated carbocycles. The fourth-order valence-electron chi connectivity index (χ4n) is 1.47. The second kappa shape index (κ2) is 3.74. The summed E-state index contributed by atoms with van der Waals surface area (Å²) in [5, 5.41) is 0. The van der Waals surface area contributed by atoms with Gasteiger partial charge in [-0.3, -0.25) is 4.79 Å². The van der Waals surface area contributed by atoms with Gasteiger partial charge in [-0.2, -0.15) is 0 Å². The summed E-state index contributed by atoms with van der Waals surface area (Å²) in [4.78, 5) is 13.4. The zero-order chi connectivity index (χ0) is 9.14. The molecular formula is C10H17NO. The molecule has 1 saturated heterocycles. The second-order valence-corrected chi connectivity index (χ2v) is 3.90. The predicted octanol–water partition coefficient (Wildman–Crippen LogP) is 1.82. The van der Waals surface area contributed by atoms with Gasteiger partial charge in [0.15, 0.2) is 0 Å². The van der Waals surface area contributed by atoms with Crippen LogP contribution in [0.3, 0.4) is 0 Å². The summed E-state index contributed by atoms with van der Waals surface area (Å²) in [6.45, 7) is 7.97. The number of allylic oxidation sites excluding steroid dienone is 1. The monoisotopic (exact) mass is 167 g/mol. The van der Waals surface area contributed by atoms with E-state index in [9.17, 15) is 4.79 Å². The number of nitrogens with zero attached hydrogens (tertiary/aromatic N) is 1. The molecule has 1 atom stereocenters. The normalized spacial score (nSPS) is 22.6. The maximum absolute atomic E-state index is 11.5. The van der Waals surface area contributed by atoms with E-state index in [-0.39, 0.29) is 5.91 Å². The van der Waals surface area contributed by atoms with Gasteiger partial charge in [0.05, 0.1) is 0 Å². The highest BCUT2D eigenvalue weighted by Crippen LogP contribution is 2.15. The summed E-state index contributed by atoms with van der Waals surface area (Å²) in [7, 11) is 0. The van der Waals surface area contributed by atoms with E-state index in [4.69, 9.17) is 0 Å². The molecule has 1 fully saturated rings. The van der Waals surface area contributed by atoms with Crippen molar-refractivity contribution in [3.63, 3.8) is 0 Å². The van der Waals surface area contributed by atoms with Crippen molar-refractivity contribution in [2.45, 2.75) is 27.2 Å². The second-order valence-electron chi connectivity index (χ2n) is 3.90. The van der Waals surface area contributed by atoms with Crippen LogP contribution in [0, 0.1) is 5.92 Å². The molecule has 0 aromatic rings. The molecular weight excluding hydrogens is 150 g/mol. The highest BCUT2D eigenvalue weighted by Gasteiger charge is 2.21. The third kappa shape index (κ3) is 2.36. The number of carbonyl (C=O) groups excluding carboxylic acids is 1. The molecule has 0 spiro atoms. The number of hydrogen-bond donors (Lipinski definition) is 0. The average Bonchev–Trinajstić information content (AvgIpc) is 2.34. The van der Waals surface area contributed by atoms with Crippen LogP contribution in [0.15, 0.2) is 11.6 Å². The Morgan fingerprint density at radius 1 is 1.50 bits per heavy atom. The van der Waals surface area contributed by atoms with Crippen molar-refractivity contribution in [2.24, 2.45) is 5.92 Å². The van der Waals surface area contributed by atoms with Gasteiger partial charge in [0.25, 0.3) is 0 Å². The average molecular weight is 167 g/mol. The van der Waals surface area contributed by atoms with E-state index >= 15 is 0 Å². The molecule has 0 aliphatic carbocycles. The smallest absolute Gasteiger partial charge is 0.246 e. The van der Waals surface area contributed by atoms with E-state index in [0.717, 1.165) is 25.1 Å². The number of hydrogen-bond acceptors (Lipinski definition) is 1. The van der Waals surface area contributed by atoms with E-state index < -0.39 is 0 Å². The van der Waals surface area contributed by atoms with Crippen molar-refractivity contribution in [3.8, 4) is 0 Å². The Kier molecular flexibility index (Phi) is 2.90. The Bertz CT molecular complexity index is 204. The zero-order valence-electron chi connectivity index (χ0n) is 8.13. The minimum Gasteiger partial charge on any atom is -0.339 e. The van der Waals surface area contributed by atoms with E-state index in [1.165, 1.54) is 0 Å². The van der Waals surface area contributed by atoms with Crippen molar-refractivity contribution in [2.75, 3.05) is 13.1 Å². The largest absolute Gasteiger partial charge is 0.339 e. The maximum Gasteiger partial charge on any atom is 0.246 e. The third-order valence-corrected chi connectivity index (χ3v) is 2.15. The predicted molar refractivity (Wildman–Crippen MR) is 49.8 cm³/mol. The van der Waals surface area contributed by atoms with Crippen LogP contribution in [0.5, 0.6) is 0 Å². The highest BCUT2D eigenvalue weighted by molar-refractivity contribution is 5.88. The zero-order valence-corrected chi connectivity index (χ0v) is 8.13. The number of rotatable bonds is 1. The SMILES string of the molecule is CC(C)=CC(=O)N1CC[C@H](C)C1. The summed E-state index contributed by atoms with van der Waals surface area (Å²) in [5.41, 5.74) is 1.08. The van der Waals surface area contributed by atoms with E-state index in [0.29, 0.717) is 5.92 Å². The van der Waals surface area contributed by atoms with Gasteiger partial charge in [-0.05, 0) is 26.2 Å². The van der Waals surface area contributed by atoms with Crippen LogP contribution in [0.1, 0.15) is 27.2 Å². The summed E-state index contributed by atoms with van der Waals surface area (Å²) in [6, 6.07) is 0. The number of likely N-dealkylation sites (tertiary alicyclic amines) is 1. The van der Waals surface area contributed by atoms with Crippen LogP contribution in [-0.4, -0.2) is 23.9 Å². The van der Waals surface area contributed by atoms with Crippen LogP contribution in [0.2, 0.25) is 0 Å². The van der Waals surface area contributed by atoms with Crippen LogP contribution >= 0.6 is 0 Å². The van der Waals surface area contributed by atoms with E-state index in [1.54, 1.807) is 6.08 Å². The molecule has 1 aliphatic rings. The first kappa shape index (κ1) is 9.30. The third-order valence-electron chi connectivity index (χ3n) is 2.15. The fraction of sp³-hybridized carbons (Fsp3) is 0.700. The molecule has 12 heavy (non-hydrogen) atoms. The Balaban J connectivity index is 2.49. The lowest BCUT2D eigenvalue weighted by Crippen LogP contribution is -2.26. The maximum atomic E-state index is 11.5. The number of carbonyl (C=O) groups is 1. The van der Waals surface area contributed by atoms with Crippen molar-refractivity contribution < 1.29 is 4.79 Å². The van der Waals surface area contributed by atoms with Crippen LogP contribution < -0.4 is 0 Å². The molecule has 0 aromatic heterocycles. The van der Waals surface area contributed by atoms with Crippen LogP contribution in [-0.2, 0) is 4.79 Å². The van der Waals surface area contributed by atoms with Gasteiger partial charge in [-0.1, -0.05) is 12.5 Å². The van der Waals surface area contributed by atoms with Crippen molar-refractivity contribution in [1.29, 1.82) is 0 Å². The van der Waals surface area contributed by atoms with E-state index in [2.05, 4.69) is 6.92 Å². The van der Waals surface area contributed by atoms with Gasteiger partial charge in [0.2, 0.25) is 5.91 Å². The molecule has 1 aliphatic heterocycles. The van der Waals surface area contributed by atoms with E-state index in [1.807, 2.05) is 18.7 Å². The van der Waals surface area contributed by atoms with Gasteiger partial charge < -0.3 is 4.90 Å². The van der Waals surface area contributed by atoms with Crippen molar-refractivity contribution in [3.05, 3.63) is 11.6 Å². The lowest BCUT2D eigenvalue weighted by molar-refractivity contribution is -0.125. The van der Waals surface area contributed by atoms with Crippen LogP contribution in [0.25, 0.3) is 0 Å². The summed E-state index contributed by atoms with van der Waals surface area (Å²) >= 11 is 0. The Labute approximate surface area is 74.2 Å². The van der Waals surface area contributed by atoms with Gasteiger partial charge in [0.1, 0.15) is 0 Å². The highest BCUT2D eigenvalue weighted by atomic mass is 16.2. The molecule has 2 heteroatoms. The lowest BCUT2D eigenvalue weighted by Gasteiger charge is -2.13. The molecule has 0 unspecified atom stereocenters. The van der Waals surface area contributed by atoms with Gasteiger partial charge in [0, 0.05) is 19.2 Å². The quantitative estimate of drug-likeness (QED) is 0.545. The molecule has 0 aromatic carbocycles. The van der Waals surface area contributed by atoms with Gasteiger partial charge in [-0.25, -0.2) is 0 Å². The molecule has 68 valence electrons. The van der Waals surface area contributed by atoms with Crippen LogP contribution in [0.4, 0.5) is 0 Å². The topological polar surface area (TPSA) is 20.3 Å². The molecule has 0 bridgehead atoms. The molecule has 2 nitrogen and oxygen atoms in total. The van der Waals surface area contributed by atoms with Gasteiger partial charge in [-0.15, -0.1) is 0 Å². The molecule has 0 radical (unpaired) electrons. The van der Waals surface area contributed by atoms with Crippen molar-refractivity contribution >= 4 is 5.91 Å². The summed E-state index contributed by atoms with van der Waals surface area (Å²) < 4.78 is 0. The molecule has 1 heterocycles. The minimum absolute atomic E-state index is 0.180. The summed E-state index contributed by atoms with van der Waals surface area (Å²) in [5.74, 6) is 0.860. The Morgan fingerprint density at radius 2 is 2.17 bits per heavy atom. The molecule has 1 rings (SSSR count). The minimum atomic E-state index is 0.180.